The summed E-state index contributed by atoms with van der Waals surface area (Å²) in [6.07, 6.45) is 2.88. The molecule has 0 radical (unpaired) electrons. The Hall–Kier alpha value is -0.910. The van der Waals surface area contributed by atoms with E-state index in [9.17, 15) is 0 Å². The van der Waals surface area contributed by atoms with Crippen LogP contribution in [-0.2, 0) is 11.3 Å². The van der Waals surface area contributed by atoms with Crippen molar-refractivity contribution in [3.05, 3.63) is 18.0 Å². The van der Waals surface area contributed by atoms with E-state index < -0.39 is 0 Å². The monoisotopic (exact) mass is 226 g/mol. The largest absolute Gasteiger partial charge is 0.377 e. The molecule has 0 fully saturated rings. The van der Waals surface area contributed by atoms with Gasteiger partial charge in [0.1, 0.15) is 0 Å². The van der Waals surface area contributed by atoms with Gasteiger partial charge in [0.05, 0.1) is 17.8 Å². The number of rotatable bonds is 7. The van der Waals surface area contributed by atoms with Crippen LogP contribution in [0.2, 0.25) is 0 Å². The average Bonchev–Trinajstić information content (AvgIpc) is 2.69. The van der Waals surface area contributed by atoms with Gasteiger partial charge in [-0.15, -0.1) is 0 Å². The lowest BCUT2D eigenvalue weighted by Crippen LogP contribution is -2.38. The molecule has 0 aromatic carbocycles. The van der Waals surface area contributed by atoms with E-state index in [0.29, 0.717) is 6.61 Å². The highest BCUT2D eigenvalue weighted by Gasteiger charge is 2.21. The van der Waals surface area contributed by atoms with Crippen molar-refractivity contribution < 1.29 is 4.74 Å². The summed E-state index contributed by atoms with van der Waals surface area (Å²) in [5, 5.41) is 4.28. The van der Waals surface area contributed by atoms with Gasteiger partial charge in [-0.3, -0.25) is 10.5 Å². The molecule has 0 spiro atoms. The van der Waals surface area contributed by atoms with Crippen molar-refractivity contribution in [3.63, 3.8) is 0 Å². The lowest BCUT2D eigenvalue weighted by molar-refractivity contribution is 0.0448. The summed E-state index contributed by atoms with van der Waals surface area (Å²) in [4.78, 5) is 0. The standard InChI is InChI=1S/C11H22N4O/c1-4-8-15-10(6-7-13-15)11(14-12)9(3)16-5-2/h6-7,9,11,14H,4-5,8,12H2,1-3H3. The van der Waals surface area contributed by atoms with E-state index in [4.69, 9.17) is 10.6 Å². The second-order valence-corrected chi connectivity index (χ2v) is 3.78. The van der Waals surface area contributed by atoms with Gasteiger partial charge in [-0.25, -0.2) is 5.43 Å². The summed E-state index contributed by atoms with van der Waals surface area (Å²) in [6, 6.07) is 1.96. The van der Waals surface area contributed by atoms with Crippen molar-refractivity contribution in [1.29, 1.82) is 0 Å². The zero-order valence-electron chi connectivity index (χ0n) is 10.3. The maximum atomic E-state index is 5.59. The van der Waals surface area contributed by atoms with Crippen LogP contribution in [0, 0.1) is 0 Å². The van der Waals surface area contributed by atoms with Crippen LogP contribution in [0.25, 0.3) is 0 Å². The van der Waals surface area contributed by atoms with Crippen LogP contribution < -0.4 is 11.3 Å². The third-order valence-electron chi connectivity index (χ3n) is 2.58. The molecule has 2 unspecified atom stereocenters. The first-order valence-electron chi connectivity index (χ1n) is 5.84. The Morgan fingerprint density at radius 3 is 2.88 bits per heavy atom. The quantitative estimate of drug-likeness (QED) is 0.542. The van der Waals surface area contributed by atoms with E-state index in [2.05, 4.69) is 17.4 Å². The molecule has 3 N–H and O–H groups in total. The molecule has 1 aromatic rings. The summed E-state index contributed by atoms with van der Waals surface area (Å²) < 4.78 is 7.54. The Morgan fingerprint density at radius 2 is 2.31 bits per heavy atom. The Labute approximate surface area is 96.9 Å². The van der Waals surface area contributed by atoms with E-state index in [-0.39, 0.29) is 12.1 Å². The molecule has 1 aromatic heterocycles. The minimum atomic E-state index is -0.0194. The van der Waals surface area contributed by atoms with Gasteiger partial charge in [-0.1, -0.05) is 6.92 Å². The van der Waals surface area contributed by atoms with Gasteiger partial charge < -0.3 is 4.74 Å². The molecule has 0 saturated carbocycles. The molecule has 0 amide bonds. The summed E-state index contributed by atoms with van der Waals surface area (Å²) >= 11 is 0. The van der Waals surface area contributed by atoms with Gasteiger partial charge in [0, 0.05) is 19.3 Å². The Balaban J connectivity index is 2.81. The van der Waals surface area contributed by atoms with E-state index in [1.807, 2.05) is 24.6 Å². The normalized spacial score (nSPS) is 15.0. The molecule has 0 bridgehead atoms. The van der Waals surface area contributed by atoms with Gasteiger partial charge in [0.25, 0.3) is 0 Å². The third-order valence-corrected chi connectivity index (χ3v) is 2.58. The number of hydrogen-bond donors (Lipinski definition) is 2. The Bertz CT molecular complexity index is 300. The van der Waals surface area contributed by atoms with E-state index in [0.717, 1.165) is 18.7 Å². The van der Waals surface area contributed by atoms with Gasteiger partial charge >= 0.3 is 0 Å². The highest BCUT2D eigenvalue weighted by Crippen LogP contribution is 2.18. The summed E-state index contributed by atoms with van der Waals surface area (Å²) in [6.45, 7) is 7.70. The van der Waals surface area contributed by atoms with E-state index in [1.54, 1.807) is 6.20 Å². The van der Waals surface area contributed by atoms with Crippen molar-refractivity contribution in [2.75, 3.05) is 6.61 Å². The van der Waals surface area contributed by atoms with Crippen LogP contribution in [0.4, 0.5) is 0 Å². The molecule has 5 heteroatoms. The van der Waals surface area contributed by atoms with Crippen LogP contribution in [0.15, 0.2) is 12.3 Å². The zero-order valence-corrected chi connectivity index (χ0v) is 10.3. The summed E-state index contributed by atoms with van der Waals surface area (Å²) in [7, 11) is 0. The van der Waals surface area contributed by atoms with Crippen molar-refractivity contribution in [1.82, 2.24) is 15.2 Å². The van der Waals surface area contributed by atoms with Crippen LogP contribution in [0.1, 0.15) is 38.9 Å². The first kappa shape index (κ1) is 13.2. The second kappa shape index (κ2) is 6.62. The lowest BCUT2D eigenvalue weighted by Gasteiger charge is -2.23. The number of nitrogens with one attached hydrogen (secondary N) is 1. The number of nitrogens with two attached hydrogens (primary N) is 1. The SMILES string of the molecule is CCCn1nccc1C(NN)C(C)OCC. The molecule has 16 heavy (non-hydrogen) atoms. The molecular weight excluding hydrogens is 204 g/mol. The first-order chi connectivity index (χ1) is 7.74. The predicted molar refractivity (Wildman–Crippen MR) is 63.7 cm³/mol. The number of hydrogen-bond acceptors (Lipinski definition) is 4. The minimum Gasteiger partial charge on any atom is -0.377 e. The van der Waals surface area contributed by atoms with Gasteiger partial charge in [-0.05, 0) is 26.3 Å². The van der Waals surface area contributed by atoms with Crippen LogP contribution >= 0.6 is 0 Å². The molecule has 92 valence electrons. The maximum absolute atomic E-state index is 5.59. The molecule has 0 aliphatic carbocycles. The fraction of sp³-hybridized carbons (Fsp3) is 0.727. The van der Waals surface area contributed by atoms with Gasteiger partial charge in [0.2, 0.25) is 0 Å². The van der Waals surface area contributed by atoms with E-state index in [1.165, 1.54) is 0 Å². The number of ether oxygens (including phenoxy) is 1. The number of aryl methyl sites for hydroxylation is 1. The van der Waals surface area contributed by atoms with Crippen LogP contribution in [-0.4, -0.2) is 22.5 Å². The third kappa shape index (κ3) is 3.04. The molecule has 0 saturated heterocycles. The highest BCUT2D eigenvalue weighted by atomic mass is 16.5. The lowest BCUT2D eigenvalue weighted by atomic mass is 10.1. The average molecular weight is 226 g/mol. The number of hydrazine groups is 1. The molecule has 0 aliphatic rings. The number of nitrogens with zero attached hydrogens (tertiary/aromatic N) is 2. The van der Waals surface area contributed by atoms with Crippen LogP contribution in [0.5, 0.6) is 0 Å². The topological polar surface area (TPSA) is 65.1 Å². The molecule has 1 heterocycles. The molecule has 0 aliphatic heterocycles. The second-order valence-electron chi connectivity index (χ2n) is 3.78. The summed E-state index contributed by atoms with van der Waals surface area (Å²) in [5.74, 6) is 5.59. The predicted octanol–water partition coefficient (Wildman–Crippen LogP) is 1.22. The molecule has 1 rings (SSSR count). The maximum Gasteiger partial charge on any atom is 0.0887 e. The van der Waals surface area contributed by atoms with Crippen molar-refractivity contribution in [3.8, 4) is 0 Å². The smallest absolute Gasteiger partial charge is 0.0887 e. The highest BCUT2D eigenvalue weighted by molar-refractivity contribution is 5.08. The molecule has 2 atom stereocenters. The zero-order chi connectivity index (χ0) is 12.0. The Morgan fingerprint density at radius 1 is 1.56 bits per heavy atom. The van der Waals surface area contributed by atoms with Gasteiger partial charge in [0.15, 0.2) is 0 Å². The van der Waals surface area contributed by atoms with Crippen molar-refractivity contribution >= 4 is 0 Å². The first-order valence-corrected chi connectivity index (χ1v) is 5.84. The minimum absolute atomic E-state index is 0.0194. The molecule has 5 nitrogen and oxygen atoms in total. The summed E-state index contributed by atoms with van der Waals surface area (Å²) in [5.41, 5.74) is 3.88. The van der Waals surface area contributed by atoms with Crippen molar-refractivity contribution in [2.24, 2.45) is 5.84 Å². The fourth-order valence-electron chi connectivity index (χ4n) is 1.83. The van der Waals surface area contributed by atoms with E-state index >= 15 is 0 Å². The Kier molecular flexibility index (Phi) is 5.45. The fourth-order valence-corrected chi connectivity index (χ4v) is 1.83. The molecular formula is C11H22N4O. The van der Waals surface area contributed by atoms with Gasteiger partial charge in [-0.2, -0.15) is 5.10 Å². The number of aromatic nitrogens is 2. The van der Waals surface area contributed by atoms with Crippen LogP contribution in [0.3, 0.4) is 0 Å². The van der Waals surface area contributed by atoms with Crippen molar-refractivity contribution in [2.45, 2.75) is 45.9 Å².